The Bertz CT molecular complexity index is 661. The van der Waals surface area contributed by atoms with Gasteiger partial charge >= 0.3 is 0 Å². The topological polar surface area (TPSA) is 39.7 Å². The largest absolute Gasteiger partial charge is 0.496 e. The molecule has 0 saturated carbocycles. The van der Waals surface area contributed by atoms with Crippen molar-refractivity contribution in [2.75, 3.05) is 27.4 Å². The third kappa shape index (κ3) is 4.89. The van der Waals surface area contributed by atoms with E-state index in [4.69, 9.17) is 14.2 Å². The molecule has 130 valence electrons. The van der Waals surface area contributed by atoms with Crippen molar-refractivity contribution in [2.24, 2.45) is 0 Å². The van der Waals surface area contributed by atoms with E-state index in [-0.39, 0.29) is 0 Å². The van der Waals surface area contributed by atoms with E-state index < -0.39 is 0 Å². The molecule has 0 aliphatic rings. The second-order valence-corrected chi connectivity index (χ2v) is 6.13. The maximum atomic E-state index is 5.66. The van der Waals surface area contributed by atoms with Gasteiger partial charge in [-0.15, -0.1) is 0 Å². The van der Waals surface area contributed by atoms with Crippen LogP contribution < -0.4 is 19.5 Å². The van der Waals surface area contributed by atoms with Gasteiger partial charge in [0.15, 0.2) is 11.5 Å². The van der Waals surface area contributed by atoms with Crippen molar-refractivity contribution in [3.05, 3.63) is 52.0 Å². The molecule has 4 nitrogen and oxygen atoms in total. The first kappa shape index (κ1) is 18.6. The Morgan fingerprint density at radius 1 is 1.04 bits per heavy atom. The second-order valence-electron chi connectivity index (χ2n) is 5.28. The highest BCUT2D eigenvalue weighted by molar-refractivity contribution is 9.10. The van der Waals surface area contributed by atoms with Crippen LogP contribution in [0.5, 0.6) is 17.2 Å². The Balaban J connectivity index is 1.94. The average molecular weight is 394 g/mol. The Kier molecular flexibility index (Phi) is 7.40. The van der Waals surface area contributed by atoms with Crippen LogP contribution in [0.1, 0.15) is 18.1 Å². The van der Waals surface area contributed by atoms with Crippen LogP contribution in [0.4, 0.5) is 0 Å². The highest BCUT2D eigenvalue weighted by Gasteiger charge is 2.11. The van der Waals surface area contributed by atoms with Crippen LogP contribution in [-0.4, -0.2) is 27.4 Å². The molecular formula is C19H24BrNO3. The fourth-order valence-corrected chi connectivity index (χ4v) is 3.20. The molecule has 0 aliphatic carbocycles. The van der Waals surface area contributed by atoms with Crippen LogP contribution in [-0.2, 0) is 13.0 Å². The summed E-state index contributed by atoms with van der Waals surface area (Å²) in [4.78, 5) is 0. The predicted octanol–water partition coefficient (Wildman–Crippen LogP) is 4.20. The summed E-state index contributed by atoms with van der Waals surface area (Å²) in [6, 6.07) is 12.2. The van der Waals surface area contributed by atoms with Crippen LogP contribution in [0.2, 0.25) is 0 Å². The number of hydrogen-bond donors (Lipinski definition) is 1. The number of halogens is 1. The van der Waals surface area contributed by atoms with E-state index >= 15 is 0 Å². The van der Waals surface area contributed by atoms with Crippen molar-refractivity contribution in [2.45, 2.75) is 19.9 Å². The molecule has 0 aromatic heterocycles. The van der Waals surface area contributed by atoms with Gasteiger partial charge in [0.05, 0.1) is 25.3 Å². The van der Waals surface area contributed by atoms with E-state index in [2.05, 4.69) is 33.4 Å². The lowest BCUT2D eigenvalue weighted by Gasteiger charge is -2.14. The molecule has 2 aromatic rings. The molecule has 0 saturated heterocycles. The van der Waals surface area contributed by atoms with Crippen molar-refractivity contribution >= 4 is 15.9 Å². The Labute approximate surface area is 152 Å². The Morgan fingerprint density at radius 3 is 2.54 bits per heavy atom. The van der Waals surface area contributed by atoms with Crippen LogP contribution in [0.25, 0.3) is 0 Å². The van der Waals surface area contributed by atoms with Gasteiger partial charge in [-0.2, -0.15) is 0 Å². The van der Waals surface area contributed by atoms with Crippen molar-refractivity contribution in [1.82, 2.24) is 5.32 Å². The molecule has 0 spiro atoms. The molecule has 0 unspecified atom stereocenters. The van der Waals surface area contributed by atoms with E-state index in [9.17, 15) is 0 Å². The summed E-state index contributed by atoms with van der Waals surface area (Å²) in [5.74, 6) is 2.43. The highest BCUT2D eigenvalue weighted by Crippen LogP contribution is 2.36. The van der Waals surface area contributed by atoms with Gasteiger partial charge in [0.2, 0.25) is 0 Å². The minimum Gasteiger partial charge on any atom is -0.496 e. The summed E-state index contributed by atoms with van der Waals surface area (Å²) < 4.78 is 17.3. The van der Waals surface area contributed by atoms with Gasteiger partial charge in [-0.3, -0.25) is 0 Å². The molecule has 2 rings (SSSR count). The number of rotatable bonds is 9. The number of ether oxygens (including phenoxy) is 3. The molecule has 5 heteroatoms. The van der Waals surface area contributed by atoms with Gasteiger partial charge < -0.3 is 19.5 Å². The zero-order valence-electron chi connectivity index (χ0n) is 14.4. The number of nitrogens with one attached hydrogen (secondary N) is 1. The summed E-state index contributed by atoms with van der Waals surface area (Å²) >= 11 is 3.54. The molecule has 0 amide bonds. The van der Waals surface area contributed by atoms with Crippen molar-refractivity contribution < 1.29 is 14.2 Å². The van der Waals surface area contributed by atoms with E-state index in [1.54, 1.807) is 14.2 Å². The molecule has 0 heterocycles. The Morgan fingerprint density at radius 2 is 1.83 bits per heavy atom. The van der Waals surface area contributed by atoms with Gasteiger partial charge in [0.25, 0.3) is 0 Å². The van der Waals surface area contributed by atoms with E-state index in [1.165, 1.54) is 5.56 Å². The SMILES string of the molecule is CCOc1cc(CNCCc2ccccc2OC)cc(Br)c1OC. The van der Waals surface area contributed by atoms with Crippen LogP contribution in [0.3, 0.4) is 0 Å². The summed E-state index contributed by atoms with van der Waals surface area (Å²) in [6.45, 7) is 4.20. The first-order valence-corrected chi connectivity index (χ1v) is 8.80. The number of benzene rings is 2. The summed E-state index contributed by atoms with van der Waals surface area (Å²) in [5, 5.41) is 3.46. The van der Waals surface area contributed by atoms with Gasteiger partial charge in [-0.1, -0.05) is 18.2 Å². The standard InChI is InChI=1S/C19H24BrNO3/c1-4-24-18-12-14(11-16(20)19(18)23-3)13-21-10-9-15-7-5-6-8-17(15)22-2/h5-8,11-12,21H,4,9-10,13H2,1-3H3. The lowest BCUT2D eigenvalue weighted by molar-refractivity contribution is 0.309. The molecular weight excluding hydrogens is 370 g/mol. The predicted molar refractivity (Wildman–Crippen MR) is 100 cm³/mol. The number of para-hydroxylation sites is 1. The molecule has 0 aliphatic heterocycles. The monoisotopic (exact) mass is 393 g/mol. The second kappa shape index (κ2) is 9.55. The van der Waals surface area contributed by atoms with Gasteiger partial charge in [0, 0.05) is 6.54 Å². The Hall–Kier alpha value is -1.72. The summed E-state index contributed by atoms with van der Waals surface area (Å²) in [6.07, 6.45) is 0.916. The van der Waals surface area contributed by atoms with E-state index in [1.807, 2.05) is 31.2 Å². The summed E-state index contributed by atoms with van der Waals surface area (Å²) in [7, 11) is 3.35. The normalized spacial score (nSPS) is 10.5. The third-order valence-corrected chi connectivity index (χ3v) is 4.26. The molecule has 0 bridgehead atoms. The van der Waals surface area contributed by atoms with Crippen molar-refractivity contribution in [3.8, 4) is 17.2 Å². The minimum absolute atomic E-state index is 0.605. The van der Waals surface area contributed by atoms with Crippen molar-refractivity contribution in [3.63, 3.8) is 0 Å². The van der Waals surface area contributed by atoms with E-state index in [0.29, 0.717) is 6.61 Å². The number of methoxy groups -OCH3 is 2. The van der Waals surface area contributed by atoms with Crippen molar-refractivity contribution in [1.29, 1.82) is 0 Å². The average Bonchev–Trinajstić information content (AvgIpc) is 2.59. The lowest BCUT2D eigenvalue weighted by atomic mass is 10.1. The zero-order chi connectivity index (χ0) is 17.4. The number of hydrogen-bond acceptors (Lipinski definition) is 4. The van der Waals surface area contributed by atoms with Crippen LogP contribution in [0.15, 0.2) is 40.9 Å². The maximum Gasteiger partial charge on any atom is 0.174 e. The molecule has 0 radical (unpaired) electrons. The third-order valence-electron chi connectivity index (χ3n) is 3.67. The molecule has 24 heavy (non-hydrogen) atoms. The van der Waals surface area contributed by atoms with Crippen LogP contribution >= 0.6 is 15.9 Å². The fourth-order valence-electron chi connectivity index (χ4n) is 2.55. The van der Waals surface area contributed by atoms with Gasteiger partial charge in [0.1, 0.15) is 5.75 Å². The molecule has 1 N–H and O–H groups in total. The molecule has 2 aromatic carbocycles. The molecule has 0 fully saturated rings. The minimum atomic E-state index is 0.605. The van der Waals surface area contributed by atoms with Crippen LogP contribution in [0, 0.1) is 0 Å². The van der Waals surface area contributed by atoms with E-state index in [0.717, 1.165) is 46.8 Å². The maximum absolute atomic E-state index is 5.66. The lowest BCUT2D eigenvalue weighted by Crippen LogP contribution is -2.17. The van der Waals surface area contributed by atoms with Gasteiger partial charge in [-0.05, 0) is 65.1 Å². The summed E-state index contributed by atoms with van der Waals surface area (Å²) in [5.41, 5.74) is 2.35. The fraction of sp³-hybridized carbons (Fsp3) is 0.368. The first-order valence-electron chi connectivity index (χ1n) is 8.01. The first-order chi connectivity index (χ1) is 11.7. The quantitative estimate of drug-likeness (QED) is 0.648. The zero-order valence-corrected chi connectivity index (χ0v) is 16.0. The van der Waals surface area contributed by atoms with Gasteiger partial charge in [-0.25, -0.2) is 0 Å². The smallest absolute Gasteiger partial charge is 0.174 e. The highest BCUT2D eigenvalue weighted by atomic mass is 79.9. The molecule has 0 atom stereocenters.